The number of hydrogen-bond acceptors (Lipinski definition) is 10. The molecule has 0 unspecified atom stereocenters. The molecule has 0 saturated heterocycles. The molecule has 2 aromatic carbocycles. The minimum Gasteiger partial charge on any atom is -0.406 e. The van der Waals surface area contributed by atoms with Crippen molar-refractivity contribution in [2.24, 2.45) is 5.92 Å². The number of aliphatic hydroxyl groups excluding tert-OH is 3. The standard InChI is InChI=1S/C25H24F3N5O4S/c1-12-19(23-32-16-7-2-3-8-18(16)38-23)22(31-17-9-13(11-34)20(35)21(17)36)33-24(29-12)30-14-5-4-6-15(10-14)37-25(26,27)28/h2-8,10,13,17,20-21,34-36H,9,11H2,1H3,(H2,29,30,31,33)/t13-,17-,20-,21+/m1/s1. The molecule has 1 fully saturated rings. The van der Waals surface area contributed by atoms with E-state index in [0.29, 0.717) is 28.5 Å². The zero-order valence-electron chi connectivity index (χ0n) is 20.0. The molecule has 1 saturated carbocycles. The Bertz CT molecular complexity index is 1420. The molecule has 2 aromatic heterocycles. The van der Waals surface area contributed by atoms with Crippen molar-refractivity contribution in [3.05, 3.63) is 54.2 Å². The first-order valence-electron chi connectivity index (χ1n) is 11.7. The Morgan fingerprint density at radius 3 is 2.55 bits per heavy atom. The number of benzene rings is 2. The third kappa shape index (κ3) is 5.50. The van der Waals surface area contributed by atoms with Gasteiger partial charge in [0.05, 0.1) is 33.6 Å². The summed E-state index contributed by atoms with van der Waals surface area (Å²) < 4.78 is 42.9. The van der Waals surface area contributed by atoms with Crippen LogP contribution in [0.4, 0.5) is 30.6 Å². The van der Waals surface area contributed by atoms with Gasteiger partial charge in [0.15, 0.2) is 0 Å². The Morgan fingerprint density at radius 1 is 1.05 bits per heavy atom. The molecule has 0 radical (unpaired) electrons. The van der Waals surface area contributed by atoms with Gasteiger partial charge in [-0.2, -0.15) is 4.98 Å². The highest BCUT2D eigenvalue weighted by atomic mass is 32.1. The van der Waals surface area contributed by atoms with Crippen molar-refractivity contribution in [1.82, 2.24) is 15.0 Å². The number of hydrogen-bond donors (Lipinski definition) is 5. The van der Waals surface area contributed by atoms with E-state index in [1.54, 1.807) is 13.0 Å². The molecule has 9 nitrogen and oxygen atoms in total. The maximum absolute atomic E-state index is 12.7. The molecule has 0 amide bonds. The molecule has 1 aliphatic rings. The molecule has 5 N–H and O–H groups in total. The van der Waals surface area contributed by atoms with Gasteiger partial charge in [0.1, 0.15) is 22.7 Å². The summed E-state index contributed by atoms with van der Waals surface area (Å²) in [5.74, 6) is -0.505. The number of thiazole rings is 1. The Hall–Kier alpha value is -3.52. The van der Waals surface area contributed by atoms with Gasteiger partial charge >= 0.3 is 6.36 Å². The summed E-state index contributed by atoms with van der Waals surface area (Å²) in [5.41, 5.74) is 2.17. The monoisotopic (exact) mass is 547 g/mol. The van der Waals surface area contributed by atoms with E-state index in [1.807, 2.05) is 24.3 Å². The topological polar surface area (TPSA) is 133 Å². The molecule has 0 spiro atoms. The number of alkyl halides is 3. The maximum atomic E-state index is 12.7. The lowest BCUT2D eigenvalue weighted by Gasteiger charge is -2.21. The minimum atomic E-state index is -4.83. The number of ether oxygens (including phenoxy) is 1. The summed E-state index contributed by atoms with van der Waals surface area (Å²) in [6.45, 7) is 1.46. The second-order valence-electron chi connectivity index (χ2n) is 8.95. The minimum absolute atomic E-state index is 0.0887. The highest BCUT2D eigenvalue weighted by Gasteiger charge is 2.41. The molecule has 38 heavy (non-hydrogen) atoms. The van der Waals surface area contributed by atoms with Crippen molar-refractivity contribution in [2.75, 3.05) is 17.2 Å². The van der Waals surface area contributed by atoms with E-state index >= 15 is 0 Å². The second kappa shape index (κ2) is 10.3. The highest BCUT2D eigenvalue weighted by Crippen LogP contribution is 2.38. The SMILES string of the molecule is Cc1nc(Nc2cccc(OC(F)(F)F)c2)nc(N[C@@H]2C[C@H](CO)[C@@H](O)[C@H]2O)c1-c1nc2ccccc2s1. The zero-order chi connectivity index (χ0) is 27.0. The first-order valence-corrected chi connectivity index (χ1v) is 12.5. The molecule has 5 rings (SSSR count). The zero-order valence-corrected chi connectivity index (χ0v) is 20.8. The highest BCUT2D eigenvalue weighted by molar-refractivity contribution is 7.21. The number of rotatable bonds is 7. The molecular formula is C25H24F3N5O4S. The fourth-order valence-electron chi connectivity index (χ4n) is 4.49. The van der Waals surface area contributed by atoms with Crippen molar-refractivity contribution >= 4 is 39.0 Å². The Labute approximate surface area is 219 Å². The summed E-state index contributed by atoms with van der Waals surface area (Å²) >= 11 is 1.43. The van der Waals surface area contributed by atoms with Crippen LogP contribution in [0.2, 0.25) is 0 Å². The van der Waals surface area contributed by atoms with Crippen LogP contribution in [0, 0.1) is 12.8 Å². The van der Waals surface area contributed by atoms with E-state index in [2.05, 4.69) is 25.3 Å². The average Bonchev–Trinajstić information content (AvgIpc) is 3.39. The quantitative estimate of drug-likeness (QED) is 0.231. The predicted molar refractivity (Wildman–Crippen MR) is 136 cm³/mol. The second-order valence-corrected chi connectivity index (χ2v) is 9.98. The number of anilines is 3. The fraction of sp³-hybridized carbons (Fsp3) is 0.320. The van der Waals surface area contributed by atoms with Crippen LogP contribution in [-0.2, 0) is 0 Å². The molecule has 4 atom stereocenters. The lowest BCUT2D eigenvalue weighted by Crippen LogP contribution is -2.35. The van der Waals surface area contributed by atoms with Gasteiger partial charge in [0.2, 0.25) is 5.95 Å². The van der Waals surface area contributed by atoms with Crippen LogP contribution in [0.15, 0.2) is 48.5 Å². The van der Waals surface area contributed by atoms with E-state index in [0.717, 1.165) is 10.2 Å². The van der Waals surface area contributed by atoms with E-state index in [1.165, 1.54) is 29.5 Å². The first kappa shape index (κ1) is 26.1. The van der Waals surface area contributed by atoms with Crippen LogP contribution >= 0.6 is 11.3 Å². The number of nitrogens with zero attached hydrogens (tertiary/aromatic N) is 3. The Balaban J connectivity index is 1.52. The van der Waals surface area contributed by atoms with Crippen molar-refractivity contribution in [3.8, 4) is 16.3 Å². The number of halogens is 3. The van der Waals surface area contributed by atoms with Gasteiger partial charge in [-0.25, -0.2) is 9.97 Å². The van der Waals surface area contributed by atoms with E-state index in [4.69, 9.17) is 4.98 Å². The molecule has 1 aliphatic carbocycles. The number of aryl methyl sites for hydroxylation is 1. The van der Waals surface area contributed by atoms with Gasteiger partial charge in [0, 0.05) is 24.3 Å². The molecule has 4 aromatic rings. The number of aromatic nitrogens is 3. The first-order chi connectivity index (χ1) is 18.1. The molecule has 200 valence electrons. The summed E-state index contributed by atoms with van der Waals surface area (Å²) in [6, 6.07) is 12.3. The van der Waals surface area contributed by atoms with Crippen LogP contribution in [-0.4, -0.2) is 61.5 Å². The molecule has 0 aliphatic heterocycles. The molecular weight excluding hydrogens is 523 g/mol. The summed E-state index contributed by atoms with van der Waals surface area (Å²) in [7, 11) is 0. The summed E-state index contributed by atoms with van der Waals surface area (Å²) in [5, 5.41) is 37.2. The van der Waals surface area contributed by atoms with Crippen molar-refractivity contribution in [3.63, 3.8) is 0 Å². The molecule has 0 bridgehead atoms. The van der Waals surface area contributed by atoms with Crippen molar-refractivity contribution < 1.29 is 33.2 Å². The van der Waals surface area contributed by atoms with Crippen molar-refractivity contribution in [1.29, 1.82) is 0 Å². The van der Waals surface area contributed by atoms with Gasteiger partial charge in [-0.15, -0.1) is 24.5 Å². The van der Waals surface area contributed by atoms with Gasteiger partial charge in [0.25, 0.3) is 0 Å². The summed E-state index contributed by atoms with van der Waals surface area (Å²) in [4.78, 5) is 13.8. The van der Waals surface area contributed by atoms with Crippen LogP contribution in [0.1, 0.15) is 12.1 Å². The normalized spacial score (nSPS) is 21.6. The number of fused-ring (bicyclic) bond motifs is 1. The molecule has 13 heteroatoms. The smallest absolute Gasteiger partial charge is 0.406 e. The van der Waals surface area contributed by atoms with Gasteiger partial charge in [-0.3, -0.25) is 0 Å². The third-order valence-electron chi connectivity index (χ3n) is 6.28. The third-order valence-corrected chi connectivity index (χ3v) is 7.33. The van der Waals surface area contributed by atoms with Crippen LogP contribution in [0.5, 0.6) is 5.75 Å². The lowest BCUT2D eigenvalue weighted by molar-refractivity contribution is -0.274. The van der Waals surface area contributed by atoms with E-state index in [-0.39, 0.29) is 18.2 Å². The number of nitrogens with one attached hydrogen (secondary N) is 2. The van der Waals surface area contributed by atoms with E-state index in [9.17, 15) is 28.5 Å². The Kier molecular flexibility index (Phi) is 7.09. The predicted octanol–water partition coefficient (Wildman–Crippen LogP) is 4.22. The number of aliphatic hydroxyl groups is 3. The summed E-state index contributed by atoms with van der Waals surface area (Å²) in [6.07, 6.45) is -6.81. The van der Waals surface area contributed by atoms with Gasteiger partial charge < -0.3 is 30.7 Å². The van der Waals surface area contributed by atoms with Gasteiger partial charge in [-0.1, -0.05) is 18.2 Å². The van der Waals surface area contributed by atoms with Crippen LogP contribution in [0.25, 0.3) is 20.8 Å². The average molecular weight is 548 g/mol. The van der Waals surface area contributed by atoms with Crippen LogP contribution < -0.4 is 15.4 Å². The van der Waals surface area contributed by atoms with E-state index < -0.39 is 36.3 Å². The largest absolute Gasteiger partial charge is 0.573 e. The number of para-hydroxylation sites is 1. The van der Waals surface area contributed by atoms with Gasteiger partial charge in [-0.05, 0) is 37.6 Å². The van der Waals surface area contributed by atoms with Crippen LogP contribution in [0.3, 0.4) is 0 Å². The van der Waals surface area contributed by atoms with Crippen molar-refractivity contribution in [2.45, 2.75) is 38.0 Å². The Morgan fingerprint density at radius 2 is 1.84 bits per heavy atom. The maximum Gasteiger partial charge on any atom is 0.573 e. The molecule has 2 heterocycles. The lowest BCUT2D eigenvalue weighted by atomic mass is 10.1. The fourth-order valence-corrected chi connectivity index (χ4v) is 5.56.